The summed E-state index contributed by atoms with van der Waals surface area (Å²) in [5.74, 6) is 0.395. The summed E-state index contributed by atoms with van der Waals surface area (Å²) in [6.45, 7) is 4.61. The Balaban J connectivity index is 1.82. The summed E-state index contributed by atoms with van der Waals surface area (Å²) in [6.07, 6.45) is 3.73. The number of ether oxygens (including phenoxy) is 1. The van der Waals surface area contributed by atoms with Gasteiger partial charge in [0.1, 0.15) is 5.75 Å². The van der Waals surface area contributed by atoms with E-state index >= 15 is 0 Å². The third-order valence-corrected chi connectivity index (χ3v) is 4.31. The average molecular weight is 414 g/mol. The molecule has 0 aliphatic carbocycles. The minimum Gasteiger partial charge on any atom is -0.494 e. The fourth-order valence-corrected chi connectivity index (χ4v) is 2.68. The molecule has 0 aliphatic rings. The van der Waals surface area contributed by atoms with Gasteiger partial charge in [-0.25, -0.2) is 0 Å². The molecule has 0 bridgehead atoms. The topological polar surface area (TPSA) is 79.5 Å². The summed E-state index contributed by atoms with van der Waals surface area (Å²) < 4.78 is 5.65. The Kier molecular flexibility index (Phi) is 9.11. The number of carbonyl (C=O) groups excluding carboxylic acids is 2. The van der Waals surface area contributed by atoms with Crippen LogP contribution in [0, 0.1) is 0 Å². The van der Waals surface area contributed by atoms with Gasteiger partial charge in [0.25, 0.3) is 5.91 Å². The Morgan fingerprint density at radius 2 is 1.52 bits per heavy atom. The van der Waals surface area contributed by atoms with Crippen LogP contribution < -0.4 is 20.7 Å². The fourth-order valence-electron chi connectivity index (χ4n) is 2.47. The number of carbonyl (C=O) groups is 2. The third-order valence-electron chi connectivity index (χ3n) is 4.11. The molecule has 7 heteroatoms. The van der Waals surface area contributed by atoms with Crippen molar-refractivity contribution in [3.05, 3.63) is 54.1 Å². The normalized spacial score (nSPS) is 10.1. The summed E-state index contributed by atoms with van der Waals surface area (Å²) in [4.78, 5) is 23.7. The van der Waals surface area contributed by atoms with Gasteiger partial charge in [-0.2, -0.15) is 0 Å². The predicted molar refractivity (Wildman–Crippen MR) is 121 cm³/mol. The van der Waals surface area contributed by atoms with Crippen LogP contribution in [0.3, 0.4) is 0 Å². The van der Waals surface area contributed by atoms with Gasteiger partial charge in [-0.1, -0.05) is 26.7 Å². The molecular weight excluding hydrogens is 386 g/mol. The first-order valence-corrected chi connectivity index (χ1v) is 10.2. The second-order valence-electron chi connectivity index (χ2n) is 6.47. The lowest BCUT2D eigenvalue weighted by Gasteiger charge is -2.11. The largest absolute Gasteiger partial charge is 0.494 e. The number of anilines is 2. The number of thiocarbonyl (C=S) groups is 1. The van der Waals surface area contributed by atoms with Gasteiger partial charge in [0.05, 0.1) is 6.61 Å². The summed E-state index contributed by atoms with van der Waals surface area (Å²) in [5.41, 5.74) is 1.91. The maximum atomic E-state index is 12.3. The number of nitrogens with one attached hydrogen (secondary N) is 3. The minimum absolute atomic E-state index is 0.0501. The number of hydrogen-bond donors (Lipinski definition) is 3. The Hall–Kier alpha value is -2.93. The van der Waals surface area contributed by atoms with Crippen LogP contribution in [0.5, 0.6) is 5.75 Å². The van der Waals surface area contributed by atoms with Gasteiger partial charge < -0.3 is 15.4 Å². The molecule has 2 rings (SSSR count). The van der Waals surface area contributed by atoms with Crippen molar-refractivity contribution >= 4 is 40.5 Å². The molecule has 0 saturated heterocycles. The van der Waals surface area contributed by atoms with Gasteiger partial charge in [0.15, 0.2) is 5.11 Å². The van der Waals surface area contributed by atoms with Crippen molar-refractivity contribution in [1.29, 1.82) is 0 Å². The zero-order valence-electron chi connectivity index (χ0n) is 16.8. The van der Waals surface area contributed by atoms with Gasteiger partial charge in [-0.3, -0.25) is 14.9 Å². The van der Waals surface area contributed by atoms with Gasteiger partial charge in [0, 0.05) is 23.4 Å². The highest BCUT2D eigenvalue weighted by atomic mass is 32.1. The van der Waals surface area contributed by atoms with E-state index in [1.165, 1.54) is 0 Å². The van der Waals surface area contributed by atoms with E-state index in [4.69, 9.17) is 17.0 Å². The van der Waals surface area contributed by atoms with Crippen LogP contribution in [0.2, 0.25) is 0 Å². The highest BCUT2D eigenvalue weighted by Gasteiger charge is 2.08. The second-order valence-corrected chi connectivity index (χ2v) is 6.88. The molecule has 0 aromatic heterocycles. The van der Waals surface area contributed by atoms with Gasteiger partial charge in [0.2, 0.25) is 5.91 Å². The molecule has 0 aliphatic heterocycles. The molecule has 2 amide bonds. The van der Waals surface area contributed by atoms with Crippen LogP contribution in [-0.2, 0) is 4.79 Å². The van der Waals surface area contributed by atoms with Crippen LogP contribution in [-0.4, -0.2) is 23.5 Å². The third kappa shape index (κ3) is 7.91. The molecule has 0 heterocycles. The maximum Gasteiger partial charge on any atom is 0.257 e. The standard InChI is InChI=1S/C22H27N3O3S/c1-3-5-6-15-28-19-13-7-16(8-14-19)21(27)25-22(29)24-18-11-9-17(10-12-18)23-20(26)4-2/h7-14H,3-6,15H2,1-2H3,(H,23,26)(H2,24,25,27,29). The van der Waals surface area contributed by atoms with Crippen LogP contribution in [0.4, 0.5) is 11.4 Å². The van der Waals surface area contributed by atoms with Crippen molar-refractivity contribution in [2.75, 3.05) is 17.2 Å². The summed E-state index contributed by atoms with van der Waals surface area (Å²) in [6, 6.07) is 14.0. The average Bonchev–Trinajstić information content (AvgIpc) is 2.73. The summed E-state index contributed by atoms with van der Waals surface area (Å²) >= 11 is 5.20. The van der Waals surface area contributed by atoms with Crippen molar-refractivity contribution in [2.45, 2.75) is 39.5 Å². The molecule has 154 valence electrons. The minimum atomic E-state index is -0.299. The van der Waals surface area contributed by atoms with Crippen molar-refractivity contribution in [2.24, 2.45) is 0 Å². The molecule has 2 aromatic rings. The Bertz CT molecular complexity index is 820. The quantitative estimate of drug-likeness (QED) is 0.409. The predicted octanol–water partition coefficient (Wildman–Crippen LogP) is 4.73. The van der Waals surface area contributed by atoms with E-state index in [0.29, 0.717) is 30.0 Å². The first kappa shape index (κ1) is 22.4. The van der Waals surface area contributed by atoms with Crippen molar-refractivity contribution in [1.82, 2.24) is 5.32 Å². The molecule has 0 unspecified atom stereocenters. The molecule has 0 atom stereocenters. The number of amides is 2. The van der Waals surface area contributed by atoms with E-state index < -0.39 is 0 Å². The van der Waals surface area contributed by atoms with Crippen LogP contribution in [0.25, 0.3) is 0 Å². The lowest BCUT2D eigenvalue weighted by atomic mass is 10.2. The number of rotatable bonds is 9. The highest BCUT2D eigenvalue weighted by Crippen LogP contribution is 2.15. The van der Waals surface area contributed by atoms with Crippen LogP contribution in [0.1, 0.15) is 49.9 Å². The maximum absolute atomic E-state index is 12.3. The summed E-state index contributed by atoms with van der Waals surface area (Å²) in [7, 11) is 0. The van der Waals surface area contributed by atoms with Crippen molar-refractivity contribution in [3.8, 4) is 5.75 Å². The van der Waals surface area contributed by atoms with Crippen molar-refractivity contribution < 1.29 is 14.3 Å². The molecule has 29 heavy (non-hydrogen) atoms. The van der Waals surface area contributed by atoms with E-state index in [1.807, 2.05) is 0 Å². The monoisotopic (exact) mass is 413 g/mol. The Morgan fingerprint density at radius 1 is 0.897 bits per heavy atom. The zero-order chi connectivity index (χ0) is 21.1. The lowest BCUT2D eigenvalue weighted by molar-refractivity contribution is -0.115. The van der Waals surface area contributed by atoms with Gasteiger partial charge in [-0.05, 0) is 67.2 Å². The molecule has 0 radical (unpaired) electrons. The first-order valence-electron chi connectivity index (χ1n) is 9.77. The molecule has 3 N–H and O–H groups in total. The lowest BCUT2D eigenvalue weighted by Crippen LogP contribution is -2.34. The molecule has 6 nitrogen and oxygen atoms in total. The van der Waals surface area contributed by atoms with Gasteiger partial charge >= 0.3 is 0 Å². The van der Waals surface area contributed by atoms with Crippen LogP contribution >= 0.6 is 12.2 Å². The molecule has 0 saturated carbocycles. The Morgan fingerprint density at radius 3 is 2.10 bits per heavy atom. The smallest absolute Gasteiger partial charge is 0.257 e. The van der Waals surface area contributed by atoms with E-state index in [0.717, 1.165) is 25.0 Å². The molecule has 2 aromatic carbocycles. The number of unbranched alkanes of at least 4 members (excludes halogenated alkanes) is 2. The van der Waals surface area contributed by atoms with Gasteiger partial charge in [-0.15, -0.1) is 0 Å². The zero-order valence-corrected chi connectivity index (χ0v) is 17.6. The number of benzene rings is 2. The van der Waals surface area contributed by atoms with Crippen molar-refractivity contribution in [3.63, 3.8) is 0 Å². The molecule has 0 fully saturated rings. The van der Waals surface area contributed by atoms with Crippen LogP contribution in [0.15, 0.2) is 48.5 Å². The fraction of sp³-hybridized carbons (Fsp3) is 0.318. The molecular formula is C22H27N3O3S. The van der Waals surface area contributed by atoms with E-state index in [9.17, 15) is 9.59 Å². The van der Waals surface area contributed by atoms with E-state index in [-0.39, 0.29) is 16.9 Å². The number of hydrogen-bond acceptors (Lipinski definition) is 4. The second kappa shape index (κ2) is 11.8. The Labute approximate surface area is 177 Å². The molecule has 0 spiro atoms. The van der Waals surface area contributed by atoms with E-state index in [2.05, 4.69) is 22.9 Å². The SMILES string of the molecule is CCCCCOc1ccc(C(=O)NC(=S)Nc2ccc(NC(=O)CC)cc2)cc1. The highest BCUT2D eigenvalue weighted by molar-refractivity contribution is 7.80. The summed E-state index contributed by atoms with van der Waals surface area (Å²) in [5, 5.41) is 8.57. The first-order chi connectivity index (χ1) is 14.0. The van der Waals surface area contributed by atoms with E-state index in [1.54, 1.807) is 55.5 Å².